The zero-order valence-electron chi connectivity index (χ0n) is 17.7. The largest absolute Gasteiger partial charge is 0.422 e. The van der Waals surface area contributed by atoms with E-state index in [-0.39, 0.29) is 5.56 Å². The van der Waals surface area contributed by atoms with Gasteiger partial charge in [0.2, 0.25) is 0 Å². The lowest BCUT2D eigenvalue weighted by Gasteiger charge is -2.19. The summed E-state index contributed by atoms with van der Waals surface area (Å²) in [5.74, 6) is -0.430. The van der Waals surface area contributed by atoms with Crippen molar-refractivity contribution < 1.29 is 9.21 Å². The number of thiazole rings is 1. The number of para-hydroxylation sites is 1. The molecule has 0 radical (unpaired) electrons. The number of aryl methyl sites for hydroxylation is 2. The summed E-state index contributed by atoms with van der Waals surface area (Å²) in [6.07, 6.45) is 0. The van der Waals surface area contributed by atoms with Gasteiger partial charge in [-0.05, 0) is 54.8 Å². The molecule has 0 atom stereocenters. The van der Waals surface area contributed by atoms with Crippen LogP contribution in [0.3, 0.4) is 0 Å². The minimum absolute atomic E-state index is 0.00810. The van der Waals surface area contributed by atoms with Crippen molar-refractivity contribution in [1.29, 1.82) is 0 Å². The van der Waals surface area contributed by atoms with Crippen molar-refractivity contribution >= 4 is 43.6 Å². The number of aromatic nitrogens is 1. The van der Waals surface area contributed by atoms with Crippen molar-refractivity contribution in [2.75, 3.05) is 4.90 Å². The number of anilines is 1. The van der Waals surface area contributed by atoms with Crippen molar-refractivity contribution in [2.24, 2.45) is 0 Å². The number of fused-ring (bicyclic) bond motifs is 2. The molecule has 5 aromatic rings. The zero-order valence-corrected chi connectivity index (χ0v) is 18.5. The second-order valence-corrected chi connectivity index (χ2v) is 8.77. The summed E-state index contributed by atoms with van der Waals surface area (Å²) >= 11 is 1.44. The van der Waals surface area contributed by atoms with Gasteiger partial charge < -0.3 is 4.42 Å². The number of rotatable bonds is 4. The summed E-state index contributed by atoms with van der Waals surface area (Å²) < 4.78 is 6.42. The van der Waals surface area contributed by atoms with Crippen LogP contribution in [0.1, 0.15) is 27.0 Å². The van der Waals surface area contributed by atoms with Gasteiger partial charge in [0.05, 0.1) is 16.8 Å². The zero-order chi connectivity index (χ0) is 22.2. The third-order valence-corrected chi connectivity index (χ3v) is 6.57. The van der Waals surface area contributed by atoms with Crippen molar-refractivity contribution in [3.63, 3.8) is 0 Å². The maximum atomic E-state index is 13.7. The summed E-state index contributed by atoms with van der Waals surface area (Å²) in [4.78, 5) is 32.7. The van der Waals surface area contributed by atoms with Crippen LogP contribution in [0.4, 0.5) is 5.13 Å². The van der Waals surface area contributed by atoms with Crippen LogP contribution in [0.15, 0.2) is 82.0 Å². The highest BCUT2D eigenvalue weighted by Gasteiger charge is 2.25. The Morgan fingerprint density at radius 1 is 0.969 bits per heavy atom. The molecule has 0 saturated heterocycles. The third-order valence-electron chi connectivity index (χ3n) is 5.52. The number of hydrogen-bond acceptors (Lipinski definition) is 5. The lowest BCUT2D eigenvalue weighted by Crippen LogP contribution is -2.33. The first kappa shape index (κ1) is 20.2. The van der Waals surface area contributed by atoms with Crippen molar-refractivity contribution in [3.05, 3.63) is 105 Å². The molecule has 0 unspecified atom stereocenters. The maximum Gasteiger partial charge on any atom is 0.349 e. The molecule has 0 bridgehead atoms. The van der Waals surface area contributed by atoms with E-state index in [0.717, 1.165) is 21.3 Å². The van der Waals surface area contributed by atoms with Crippen molar-refractivity contribution in [1.82, 2.24) is 4.98 Å². The highest BCUT2D eigenvalue weighted by atomic mass is 32.1. The Balaban J connectivity index is 1.64. The lowest BCUT2D eigenvalue weighted by molar-refractivity contribution is 0.0981. The number of hydrogen-bond donors (Lipinski definition) is 0. The molecule has 6 heteroatoms. The molecule has 0 aliphatic carbocycles. The van der Waals surface area contributed by atoms with E-state index in [1.807, 2.05) is 55.5 Å². The van der Waals surface area contributed by atoms with E-state index in [4.69, 9.17) is 9.40 Å². The number of carbonyl (C=O) groups excluding carboxylic acids is 1. The Morgan fingerprint density at radius 2 is 1.69 bits per heavy atom. The van der Waals surface area contributed by atoms with Crippen LogP contribution >= 0.6 is 11.3 Å². The molecular formula is C26H20N2O3S. The first-order valence-electron chi connectivity index (χ1n) is 10.3. The highest BCUT2D eigenvalue weighted by Crippen LogP contribution is 2.32. The molecule has 0 aliphatic heterocycles. The van der Waals surface area contributed by atoms with E-state index in [2.05, 4.69) is 13.0 Å². The second kappa shape index (κ2) is 8.05. The topological polar surface area (TPSA) is 63.4 Å². The van der Waals surface area contributed by atoms with Crippen LogP contribution in [0.25, 0.3) is 21.2 Å². The summed E-state index contributed by atoms with van der Waals surface area (Å²) in [6, 6.07) is 22.6. The van der Waals surface area contributed by atoms with Crippen LogP contribution in [-0.4, -0.2) is 10.9 Å². The van der Waals surface area contributed by atoms with Gasteiger partial charge in [-0.2, -0.15) is 0 Å². The molecule has 0 saturated carbocycles. The fraction of sp³-hybridized carbons (Fsp3) is 0.115. The molecule has 32 heavy (non-hydrogen) atoms. The Bertz CT molecular complexity index is 1480. The van der Waals surface area contributed by atoms with E-state index < -0.39 is 11.5 Å². The van der Waals surface area contributed by atoms with Gasteiger partial charge >= 0.3 is 5.63 Å². The van der Waals surface area contributed by atoms with Crippen LogP contribution in [0.5, 0.6) is 0 Å². The van der Waals surface area contributed by atoms with Crippen LogP contribution in [0, 0.1) is 13.8 Å². The molecule has 0 N–H and O–H groups in total. The van der Waals surface area contributed by atoms with Gasteiger partial charge in [-0.15, -0.1) is 0 Å². The second-order valence-electron chi connectivity index (χ2n) is 7.76. The van der Waals surface area contributed by atoms with Gasteiger partial charge in [0, 0.05) is 5.39 Å². The van der Waals surface area contributed by atoms with Gasteiger partial charge in [-0.3, -0.25) is 9.69 Å². The minimum Gasteiger partial charge on any atom is -0.422 e. The monoisotopic (exact) mass is 440 g/mol. The fourth-order valence-corrected chi connectivity index (χ4v) is 4.68. The fourth-order valence-electron chi connectivity index (χ4n) is 3.63. The molecule has 5 nitrogen and oxygen atoms in total. The van der Waals surface area contributed by atoms with Gasteiger partial charge in [0.25, 0.3) is 5.91 Å². The van der Waals surface area contributed by atoms with E-state index in [1.165, 1.54) is 16.9 Å². The Labute approximate surface area is 188 Å². The summed E-state index contributed by atoms with van der Waals surface area (Å²) in [6.45, 7) is 4.39. The van der Waals surface area contributed by atoms with Crippen molar-refractivity contribution in [2.45, 2.75) is 20.4 Å². The predicted octanol–water partition coefficient (Wildman–Crippen LogP) is 5.87. The number of nitrogens with zero attached hydrogens (tertiary/aromatic N) is 2. The first-order chi connectivity index (χ1) is 15.5. The van der Waals surface area contributed by atoms with Crippen molar-refractivity contribution in [3.8, 4) is 0 Å². The van der Waals surface area contributed by atoms with Gasteiger partial charge in [0.1, 0.15) is 11.1 Å². The molecule has 5 rings (SSSR count). The van der Waals surface area contributed by atoms with Crippen LogP contribution in [-0.2, 0) is 6.54 Å². The Morgan fingerprint density at radius 3 is 2.50 bits per heavy atom. The molecular weight excluding hydrogens is 420 g/mol. The number of amides is 1. The normalized spacial score (nSPS) is 11.2. The number of benzene rings is 3. The quantitative estimate of drug-likeness (QED) is 0.328. The summed E-state index contributed by atoms with van der Waals surface area (Å²) in [5.41, 5.74) is 3.89. The first-order valence-corrected chi connectivity index (χ1v) is 11.1. The van der Waals surface area contributed by atoms with E-state index in [0.29, 0.717) is 22.6 Å². The molecule has 0 aliphatic rings. The summed E-state index contributed by atoms with van der Waals surface area (Å²) in [5, 5.41) is 1.25. The maximum absolute atomic E-state index is 13.7. The summed E-state index contributed by atoms with van der Waals surface area (Å²) in [7, 11) is 0. The lowest BCUT2D eigenvalue weighted by atomic mass is 10.1. The van der Waals surface area contributed by atoms with E-state index in [9.17, 15) is 9.59 Å². The smallest absolute Gasteiger partial charge is 0.349 e. The Kier molecular flexibility index (Phi) is 5.07. The SMILES string of the molecule is Cc1cc2nc(N(Cc3ccccc3)C(=O)c3cc4ccccc4oc3=O)sc2cc1C. The van der Waals surface area contributed by atoms with Gasteiger partial charge in [-0.1, -0.05) is 59.9 Å². The molecule has 0 spiro atoms. The molecule has 2 heterocycles. The number of carbonyl (C=O) groups is 1. The van der Waals surface area contributed by atoms with Crippen LogP contribution < -0.4 is 10.5 Å². The minimum atomic E-state index is -0.653. The standard InChI is InChI=1S/C26H20N2O3S/c1-16-12-21-23(13-17(16)2)32-26(27-21)28(15-18-8-4-3-5-9-18)24(29)20-14-19-10-6-7-11-22(19)31-25(20)30/h3-14H,15H2,1-2H3. The van der Waals surface area contributed by atoms with E-state index in [1.54, 1.807) is 23.1 Å². The molecule has 2 aromatic heterocycles. The average Bonchev–Trinajstić information content (AvgIpc) is 3.19. The molecule has 0 fully saturated rings. The predicted molar refractivity (Wildman–Crippen MR) is 129 cm³/mol. The van der Waals surface area contributed by atoms with Crippen LogP contribution in [0.2, 0.25) is 0 Å². The molecule has 1 amide bonds. The molecule has 158 valence electrons. The molecule has 3 aromatic carbocycles. The van der Waals surface area contributed by atoms with Gasteiger partial charge in [0.15, 0.2) is 5.13 Å². The van der Waals surface area contributed by atoms with Gasteiger partial charge in [-0.25, -0.2) is 9.78 Å². The highest BCUT2D eigenvalue weighted by molar-refractivity contribution is 7.22. The third kappa shape index (κ3) is 3.69. The average molecular weight is 441 g/mol. The Hall–Kier alpha value is -3.77. The van der Waals surface area contributed by atoms with E-state index >= 15 is 0 Å².